The van der Waals surface area contributed by atoms with Crippen molar-refractivity contribution in [2.45, 2.75) is 13.8 Å². The van der Waals surface area contributed by atoms with Gasteiger partial charge in [0.15, 0.2) is 0 Å². The molecule has 0 aromatic carbocycles. The lowest BCUT2D eigenvalue weighted by atomic mass is 9.85. The van der Waals surface area contributed by atoms with Crippen LogP contribution in [0.1, 0.15) is 13.8 Å². The maximum Gasteiger partial charge on any atom is 0.0348 e. The van der Waals surface area contributed by atoms with Gasteiger partial charge >= 0.3 is 0 Å². The fraction of sp³-hybridized carbons (Fsp3) is 0.130. The van der Waals surface area contributed by atoms with Crippen LogP contribution in [0.2, 0.25) is 0 Å². The van der Waals surface area contributed by atoms with Gasteiger partial charge in [-0.25, -0.2) is 0 Å². The largest absolute Gasteiger partial charge is 0.0991 e. The molecule has 0 heteroatoms. The minimum Gasteiger partial charge on any atom is -0.0991 e. The van der Waals surface area contributed by atoms with E-state index in [2.05, 4.69) is 63.6 Å². The van der Waals surface area contributed by atoms with Crippen molar-refractivity contribution in [2.24, 2.45) is 5.92 Å². The highest BCUT2D eigenvalue weighted by molar-refractivity contribution is 5.64. The molecule has 0 nitrogen and oxygen atoms in total. The average molecular weight is 302 g/mol. The molecule has 0 aromatic heterocycles. The van der Waals surface area contributed by atoms with Crippen LogP contribution in [-0.4, -0.2) is 0 Å². The summed E-state index contributed by atoms with van der Waals surface area (Å²) in [5.41, 5.74) is 6.13. The lowest BCUT2D eigenvalue weighted by Crippen LogP contribution is -2.05. The first-order valence-corrected chi connectivity index (χ1v) is 7.77. The van der Waals surface area contributed by atoms with Gasteiger partial charge in [0.1, 0.15) is 0 Å². The minimum atomic E-state index is 0.157. The summed E-state index contributed by atoms with van der Waals surface area (Å²) in [5.74, 6) is 0.157. The van der Waals surface area contributed by atoms with Crippen LogP contribution < -0.4 is 0 Å². The second-order valence-electron chi connectivity index (χ2n) is 5.18. The van der Waals surface area contributed by atoms with Gasteiger partial charge in [0.25, 0.3) is 0 Å². The molecule has 0 aromatic rings. The lowest BCUT2D eigenvalue weighted by Gasteiger charge is -2.18. The van der Waals surface area contributed by atoms with Crippen molar-refractivity contribution in [3.8, 4) is 0 Å². The van der Waals surface area contributed by atoms with Crippen molar-refractivity contribution < 1.29 is 0 Å². The maximum absolute atomic E-state index is 4.00. The zero-order valence-corrected chi connectivity index (χ0v) is 14.3. The van der Waals surface area contributed by atoms with E-state index < -0.39 is 0 Å². The van der Waals surface area contributed by atoms with Gasteiger partial charge < -0.3 is 0 Å². The molecule has 0 saturated carbocycles. The maximum atomic E-state index is 4.00. The third-order valence-electron chi connectivity index (χ3n) is 3.80. The summed E-state index contributed by atoms with van der Waals surface area (Å²) in [6, 6.07) is 0. The second kappa shape index (κ2) is 9.42. The monoisotopic (exact) mass is 302 g/mol. The molecule has 0 saturated heterocycles. The first-order valence-electron chi connectivity index (χ1n) is 7.77. The van der Waals surface area contributed by atoms with Gasteiger partial charge in [0.2, 0.25) is 0 Å². The van der Waals surface area contributed by atoms with Crippen LogP contribution in [0.3, 0.4) is 0 Å². The van der Waals surface area contributed by atoms with Gasteiger partial charge in [0.05, 0.1) is 0 Å². The van der Waals surface area contributed by atoms with Crippen molar-refractivity contribution in [2.75, 3.05) is 0 Å². The molecule has 0 heterocycles. The first kappa shape index (κ1) is 18.4. The molecule has 1 unspecified atom stereocenters. The molecule has 1 atom stereocenters. The third-order valence-corrected chi connectivity index (χ3v) is 3.80. The molecule has 118 valence electrons. The van der Waals surface area contributed by atoms with Crippen LogP contribution in [-0.2, 0) is 0 Å². The van der Waals surface area contributed by atoms with E-state index in [1.54, 1.807) is 12.2 Å². The Morgan fingerprint density at radius 1 is 0.913 bits per heavy atom. The quantitative estimate of drug-likeness (QED) is 0.444. The Morgan fingerprint density at radius 3 is 2.13 bits per heavy atom. The summed E-state index contributed by atoms with van der Waals surface area (Å²) in [6.07, 6.45) is 21.8. The summed E-state index contributed by atoms with van der Waals surface area (Å²) in [7, 11) is 0. The lowest BCUT2D eigenvalue weighted by molar-refractivity contribution is 0.921. The SMILES string of the molecule is C=C/C=C\C1=C(C)C(C=C)=C(/C=C\C)C1C(/C=C\C=C)=C/C=C. The van der Waals surface area contributed by atoms with Crippen LogP contribution in [0, 0.1) is 5.92 Å². The Hall–Kier alpha value is -2.60. The molecule has 0 spiro atoms. The van der Waals surface area contributed by atoms with E-state index >= 15 is 0 Å². The molecule has 0 radical (unpaired) electrons. The van der Waals surface area contributed by atoms with E-state index in [4.69, 9.17) is 0 Å². The molecule has 0 amide bonds. The van der Waals surface area contributed by atoms with Crippen LogP contribution >= 0.6 is 0 Å². The number of allylic oxidation sites excluding steroid dienone is 16. The highest BCUT2D eigenvalue weighted by atomic mass is 14.3. The van der Waals surface area contributed by atoms with Crippen molar-refractivity contribution in [3.05, 3.63) is 121 Å². The Balaban J connectivity index is 3.62. The smallest absolute Gasteiger partial charge is 0.0348 e. The average Bonchev–Trinajstić information content (AvgIpc) is 2.81. The molecule has 0 aliphatic heterocycles. The molecular weight excluding hydrogens is 276 g/mol. The topological polar surface area (TPSA) is 0 Å². The third kappa shape index (κ3) is 4.20. The highest BCUT2D eigenvalue weighted by Crippen LogP contribution is 2.43. The predicted octanol–water partition coefficient (Wildman–Crippen LogP) is 6.59. The predicted molar refractivity (Wildman–Crippen MR) is 105 cm³/mol. The van der Waals surface area contributed by atoms with Gasteiger partial charge in [-0.15, -0.1) is 0 Å². The van der Waals surface area contributed by atoms with Crippen molar-refractivity contribution in [3.63, 3.8) is 0 Å². The molecule has 1 rings (SSSR count). The molecule has 1 aliphatic carbocycles. The molecule has 0 fully saturated rings. The molecule has 23 heavy (non-hydrogen) atoms. The summed E-state index contributed by atoms with van der Waals surface area (Å²) >= 11 is 0. The number of hydrogen-bond acceptors (Lipinski definition) is 0. The van der Waals surface area contributed by atoms with Crippen molar-refractivity contribution in [1.82, 2.24) is 0 Å². The summed E-state index contributed by atoms with van der Waals surface area (Å²) in [4.78, 5) is 0. The van der Waals surface area contributed by atoms with Crippen LogP contribution in [0.4, 0.5) is 0 Å². The fourth-order valence-electron chi connectivity index (χ4n) is 2.86. The van der Waals surface area contributed by atoms with Gasteiger partial charge in [-0.05, 0) is 41.7 Å². The minimum absolute atomic E-state index is 0.157. The van der Waals surface area contributed by atoms with E-state index in [0.717, 1.165) is 0 Å². The van der Waals surface area contributed by atoms with E-state index in [-0.39, 0.29) is 5.92 Å². The zero-order valence-electron chi connectivity index (χ0n) is 14.3. The van der Waals surface area contributed by atoms with E-state index in [0.29, 0.717) is 0 Å². The summed E-state index contributed by atoms with van der Waals surface area (Å²) in [6.45, 7) is 19.6. The number of rotatable bonds is 8. The molecule has 0 bridgehead atoms. The Bertz CT molecular complexity index is 667. The Labute approximate surface area is 141 Å². The van der Waals surface area contributed by atoms with E-state index in [9.17, 15) is 0 Å². The second-order valence-corrected chi connectivity index (χ2v) is 5.18. The van der Waals surface area contributed by atoms with Gasteiger partial charge in [-0.2, -0.15) is 0 Å². The van der Waals surface area contributed by atoms with Crippen LogP contribution in [0.25, 0.3) is 0 Å². The Kier molecular flexibility index (Phi) is 7.56. The van der Waals surface area contributed by atoms with E-state index in [1.165, 1.54) is 27.9 Å². The number of hydrogen-bond donors (Lipinski definition) is 0. The molecular formula is C23H26. The van der Waals surface area contributed by atoms with E-state index in [1.807, 2.05) is 31.2 Å². The normalized spacial score (nSPS) is 19.4. The van der Waals surface area contributed by atoms with Gasteiger partial charge in [-0.3, -0.25) is 0 Å². The summed E-state index contributed by atoms with van der Waals surface area (Å²) in [5, 5.41) is 0. The first-order chi connectivity index (χ1) is 11.2. The van der Waals surface area contributed by atoms with Gasteiger partial charge in [0, 0.05) is 5.92 Å². The van der Waals surface area contributed by atoms with Crippen molar-refractivity contribution in [1.29, 1.82) is 0 Å². The zero-order chi connectivity index (χ0) is 17.2. The Morgan fingerprint density at radius 2 is 1.61 bits per heavy atom. The molecule has 0 N–H and O–H groups in total. The van der Waals surface area contributed by atoms with Gasteiger partial charge in [-0.1, -0.05) is 93.2 Å². The highest BCUT2D eigenvalue weighted by Gasteiger charge is 2.29. The standard InChI is InChI=1S/C23H26/c1-7-12-16-19(14-9-3)23-21(17-13-8-2)18(6)20(11-5)22(23)15-10-4/h7-17,23H,1-3,5H2,4,6H3/b15-10-,16-12-,17-13-,19-14+. The van der Waals surface area contributed by atoms with Crippen molar-refractivity contribution >= 4 is 0 Å². The molecule has 1 aliphatic rings. The van der Waals surface area contributed by atoms with Crippen LogP contribution in [0.5, 0.6) is 0 Å². The fourth-order valence-corrected chi connectivity index (χ4v) is 2.86. The summed E-state index contributed by atoms with van der Waals surface area (Å²) < 4.78 is 0. The van der Waals surface area contributed by atoms with Crippen LogP contribution in [0.15, 0.2) is 121 Å².